The van der Waals surface area contributed by atoms with Gasteiger partial charge in [-0.2, -0.15) is 0 Å². The van der Waals surface area contributed by atoms with Gasteiger partial charge in [-0.05, 0) is 0 Å². The quantitative estimate of drug-likeness (QED) is 0.784. The summed E-state index contributed by atoms with van der Waals surface area (Å²) >= 11 is 5.72. The van der Waals surface area contributed by atoms with Crippen LogP contribution in [0.2, 0.25) is 5.02 Å². The summed E-state index contributed by atoms with van der Waals surface area (Å²) in [6.45, 7) is 0. The standard InChI is InChI=1S/C9H9ClO4/c1-13-7-3-6(10)5(4-11)8(12)9(7)14-2/h3-4,12H,1-2H3. The molecule has 4 nitrogen and oxygen atoms in total. The number of ether oxygens (including phenoxy) is 2. The van der Waals surface area contributed by atoms with Gasteiger partial charge in [0.05, 0.1) is 24.8 Å². The number of methoxy groups -OCH3 is 2. The number of hydrogen-bond acceptors (Lipinski definition) is 4. The molecule has 0 atom stereocenters. The third-order valence-electron chi connectivity index (χ3n) is 1.75. The zero-order valence-corrected chi connectivity index (χ0v) is 8.46. The topological polar surface area (TPSA) is 55.8 Å². The van der Waals surface area contributed by atoms with E-state index in [1.165, 1.54) is 20.3 Å². The van der Waals surface area contributed by atoms with Crippen molar-refractivity contribution in [2.24, 2.45) is 0 Å². The summed E-state index contributed by atoms with van der Waals surface area (Å²) in [5.74, 6) is 0.0615. The highest BCUT2D eigenvalue weighted by Crippen LogP contribution is 2.41. The maximum absolute atomic E-state index is 10.6. The highest BCUT2D eigenvalue weighted by atomic mass is 35.5. The van der Waals surface area contributed by atoms with Crippen LogP contribution >= 0.6 is 11.6 Å². The van der Waals surface area contributed by atoms with E-state index in [1.807, 2.05) is 0 Å². The van der Waals surface area contributed by atoms with E-state index in [1.54, 1.807) is 0 Å². The Hall–Kier alpha value is -1.42. The van der Waals surface area contributed by atoms with E-state index in [0.29, 0.717) is 6.29 Å². The molecule has 0 saturated heterocycles. The molecule has 0 fully saturated rings. The summed E-state index contributed by atoms with van der Waals surface area (Å²) in [7, 11) is 2.77. The minimum absolute atomic E-state index is 0.00989. The van der Waals surface area contributed by atoms with Crippen molar-refractivity contribution < 1.29 is 19.4 Å². The highest BCUT2D eigenvalue weighted by Gasteiger charge is 2.17. The molecule has 1 rings (SSSR count). The minimum Gasteiger partial charge on any atom is -0.504 e. The number of aldehydes is 1. The molecule has 0 radical (unpaired) electrons. The zero-order chi connectivity index (χ0) is 10.7. The van der Waals surface area contributed by atoms with Crippen LogP contribution in [0.1, 0.15) is 10.4 Å². The van der Waals surface area contributed by atoms with Gasteiger partial charge in [0, 0.05) is 6.07 Å². The highest BCUT2D eigenvalue weighted by molar-refractivity contribution is 6.33. The Bertz CT molecular complexity index is 362. The zero-order valence-electron chi connectivity index (χ0n) is 7.70. The molecule has 76 valence electrons. The molecule has 0 spiro atoms. The normalized spacial score (nSPS) is 9.64. The predicted molar refractivity (Wildman–Crippen MR) is 51.6 cm³/mol. The van der Waals surface area contributed by atoms with Crippen LogP contribution in [-0.2, 0) is 0 Å². The van der Waals surface area contributed by atoms with Crippen molar-refractivity contribution in [3.8, 4) is 17.2 Å². The minimum atomic E-state index is -0.313. The van der Waals surface area contributed by atoms with Crippen molar-refractivity contribution in [3.63, 3.8) is 0 Å². The molecule has 0 heterocycles. The second-order valence-electron chi connectivity index (χ2n) is 2.47. The molecule has 0 unspecified atom stereocenters. The van der Waals surface area contributed by atoms with Crippen molar-refractivity contribution >= 4 is 17.9 Å². The van der Waals surface area contributed by atoms with Crippen molar-refractivity contribution in [3.05, 3.63) is 16.7 Å². The molecule has 0 aliphatic carbocycles. The van der Waals surface area contributed by atoms with Crippen LogP contribution in [0.5, 0.6) is 17.2 Å². The molecule has 1 aromatic carbocycles. The van der Waals surface area contributed by atoms with E-state index in [4.69, 9.17) is 21.1 Å². The molecule has 0 aliphatic heterocycles. The Balaban J connectivity index is 3.46. The first-order valence-corrected chi connectivity index (χ1v) is 4.12. The number of rotatable bonds is 3. The molecule has 0 amide bonds. The van der Waals surface area contributed by atoms with Gasteiger partial charge < -0.3 is 14.6 Å². The molecule has 5 heteroatoms. The summed E-state index contributed by atoms with van der Waals surface area (Å²) < 4.78 is 9.78. The van der Waals surface area contributed by atoms with E-state index in [2.05, 4.69) is 0 Å². The van der Waals surface area contributed by atoms with Gasteiger partial charge in [-0.3, -0.25) is 4.79 Å². The van der Waals surface area contributed by atoms with Crippen molar-refractivity contribution in [2.45, 2.75) is 0 Å². The summed E-state index contributed by atoms with van der Waals surface area (Å²) in [4.78, 5) is 10.6. The Morgan fingerprint density at radius 2 is 2.07 bits per heavy atom. The maximum atomic E-state index is 10.6. The lowest BCUT2D eigenvalue weighted by Gasteiger charge is -2.11. The van der Waals surface area contributed by atoms with Crippen LogP contribution in [-0.4, -0.2) is 25.6 Å². The molecule has 1 N–H and O–H groups in total. The first kappa shape index (κ1) is 10.7. The van der Waals surface area contributed by atoms with E-state index < -0.39 is 0 Å². The number of hydrogen-bond donors (Lipinski definition) is 1. The molecular formula is C9H9ClO4. The fraction of sp³-hybridized carbons (Fsp3) is 0.222. The third kappa shape index (κ3) is 1.61. The average molecular weight is 217 g/mol. The molecule has 1 aromatic rings. The van der Waals surface area contributed by atoms with E-state index in [9.17, 15) is 9.90 Å². The Morgan fingerprint density at radius 3 is 2.50 bits per heavy atom. The van der Waals surface area contributed by atoms with Gasteiger partial charge in [-0.25, -0.2) is 0 Å². The Labute approximate surface area is 86.0 Å². The summed E-state index contributed by atoms with van der Waals surface area (Å²) in [5.41, 5.74) is -0.00989. The van der Waals surface area contributed by atoms with Gasteiger partial charge in [0.2, 0.25) is 5.75 Å². The van der Waals surface area contributed by atoms with Gasteiger partial charge >= 0.3 is 0 Å². The Morgan fingerprint density at radius 1 is 1.43 bits per heavy atom. The van der Waals surface area contributed by atoms with Crippen molar-refractivity contribution in [2.75, 3.05) is 14.2 Å². The van der Waals surface area contributed by atoms with E-state index in [-0.39, 0.29) is 27.8 Å². The molecule has 0 aliphatic rings. The van der Waals surface area contributed by atoms with Crippen LogP contribution in [0.4, 0.5) is 0 Å². The number of aromatic hydroxyl groups is 1. The van der Waals surface area contributed by atoms with Crippen LogP contribution in [0, 0.1) is 0 Å². The SMILES string of the molecule is COc1cc(Cl)c(C=O)c(O)c1OC. The van der Waals surface area contributed by atoms with Crippen LogP contribution in [0.3, 0.4) is 0 Å². The second-order valence-corrected chi connectivity index (χ2v) is 2.88. The number of halogens is 1. The van der Waals surface area contributed by atoms with Gasteiger partial charge in [0.15, 0.2) is 17.8 Å². The van der Waals surface area contributed by atoms with Crippen LogP contribution in [0.25, 0.3) is 0 Å². The number of phenols is 1. The van der Waals surface area contributed by atoms with Gasteiger partial charge in [0.1, 0.15) is 0 Å². The molecule has 0 aromatic heterocycles. The maximum Gasteiger partial charge on any atom is 0.203 e. The summed E-state index contributed by atoms with van der Waals surface area (Å²) in [6.07, 6.45) is 0.458. The second kappa shape index (κ2) is 4.19. The van der Waals surface area contributed by atoms with Gasteiger partial charge in [-0.15, -0.1) is 0 Å². The number of carbonyl (C=O) groups excluding carboxylic acids is 1. The lowest BCUT2D eigenvalue weighted by molar-refractivity contribution is 0.112. The summed E-state index contributed by atoms with van der Waals surface area (Å²) in [6, 6.07) is 1.41. The molecule has 0 bridgehead atoms. The number of carbonyl (C=O) groups is 1. The van der Waals surface area contributed by atoms with E-state index >= 15 is 0 Å². The number of benzene rings is 1. The van der Waals surface area contributed by atoms with Crippen molar-refractivity contribution in [1.82, 2.24) is 0 Å². The average Bonchev–Trinajstić information content (AvgIpc) is 2.17. The first-order valence-electron chi connectivity index (χ1n) is 3.74. The third-order valence-corrected chi connectivity index (χ3v) is 2.06. The smallest absolute Gasteiger partial charge is 0.203 e. The molecule has 14 heavy (non-hydrogen) atoms. The van der Waals surface area contributed by atoms with Crippen molar-refractivity contribution in [1.29, 1.82) is 0 Å². The predicted octanol–water partition coefficient (Wildman–Crippen LogP) is 1.88. The number of phenolic OH excluding ortho intramolecular Hbond substituents is 1. The van der Waals surface area contributed by atoms with Crippen LogP contribution < -0.4 is 9.47 Å². The molecule has 0 saturated carbocycles. The molecular weight excluding hydrogens is 208 g/mol. The lowest BCUT2D eigenvalue weighted by atomic mass is 10.2. The largest absolute Gasteiger partial charge is 0.504 e. The Kier molecular flexibility index (Phi) is 3.19. The van der Waals surface area contributed by atoms with Crippen LogP contribution in [0.15, 0.2) is 6.07 Å². The van der Waals surface area contributed by atoms with E-state index in [0.717, 1.165) is 0 Å². The first-order chi connectivity index (χ1) is 6.65. The van der Waals surface area contributed by atoms with Gasteiger partial charge in [-0.1, -0.05) is 11.6 Å². The van der Waals surface area contributed by atoms with Gasteiger partial charge in [0.25, 0.3) is 0 Å². The summed E-state index contributed by atoms with van der Waals surface area (Å²) in [5, 5.41) is 9.68. The fourth-order valence-electron chi connectivity index (χ4n) is 1.07. The lowest BCUT2D eigenvalue weighted by Crippen LogP contribution is -1.94. The fourth-order valence-corrected chi connectivity index (χ4v) is 1.30. The monoisotopic (exact) mass is 216 g/mol.